The van der Waals surface area contributed by atoms with Crippen LogP contribution in [-0.4, -0.2) is 25.7 Å². The lowest BCUT2D eigenvalue weighted by molar-refractivity contribution is 0.0556. The number of aliphatic hydroxyl groups is 1. The van der Waals surface area contributed by atoms with Gasteiger partial charge in [-0.3, -0.25) is 4.98 Å². The number of aliphatic hydroxyl groups excluding tert-OH is 1. The van der Waals surface area contributed by atoms with Crippen LogP contribution in [0.2, 0.25) is 0 Å². The molecule has 2 aromatic rings. The summed E-state index contributed by atoms with van der Waals surface area (Å²) in [5, 5.41) is 10.9. The van der Waals surface area contributed by atoms with Crippen molar-refractivity contribution < 1.29 is 5.11 Å². The highest BCUT2D eigenvalue weighted by atomic mass is 16.3. The highest BCUT2D eigenvalue weighted by molar-refractivity contribution is 5.66. The number of hydrogen-bond acceptors (Lipinski definition) is 3. The lowest BCUT2D eigenvalue weighted by Gasteiger charge is -2.32. The molecule has 120 valence electrons. The summed E-state index contributed by atoms with van der Waals surface area (Å²) in [5.74, 6) is 0.459. The Morgan fingerprint density at radius 3 is 2.87 bits per heavy atom. The standard InChI is InChI=1S/C19H23N3O/c23-17(13-3-5-19(6-4-13)7-8-19)10-15-18-14(2-1-9-21-18)16-11-20-12-22(15)16/h1-2,9,11-13,15,17,23H,3-8,10H2/t15-,17-/m0/s1. The Labute approximate surface area is 136 Å². The fourth-order valence-electron chi connectivity index (χ4n) is 4.75. The maximum atomic E-state index is 10.9. The first-order valence-electron chi connectivity index (χ1n) is 8.91. The molecule has 0 bridgehead atoms. The fourth-order valence-corrected chi connectivity index (χ4v) is 4.75. The van der Waals surface area contributed by atoms with Crippen molar-refractivity contribution in [3.05, 3.63) is 36.5 Å². The molecule has 0 unspecified atom stereocenters. The Bertz CT molecular complexity index is 724. The van der Waals surface area contributed by atoms with E-state index in [9.17, 15) is 5.11 Å². The van der Waals surface area contributed by atoms with E-state index in [0.717, 1.165) is 17.8 Å². The molecule has 0 radical (unpaired) electrons. The van der Waals surface area contributed by atoms with Crippen molar-refractivity contribution in [3.63, 3.8) is 0 Å². The molecule has 1 aliphatic heterocycles. The Morgan fingerprint density at radius 2 is 2.09 bits per heavy atom. The number of fused-ring (bicyclic) bond motifs is 3. The van der Waals surface area contributed by atoms with E-state index in [-0.39, 0.29) is 12.1 Å². The predicted molar refractivity (Wildman–Crippen MR) is 87.8 cm³/mol. The van der Waals surface area contributed by atoms with Crippen LogP contribution < -0.4 is 0 Å². The van der Waals surface area contributed by atoms with Crippen molar-refractivity contribution in [1.82, 2.24) is 14.5 Å². The van der Waals surface area contributed by atoms with E-state index in [2.05, 4.69) is 20.6 Å². The van der Waals surface area contributed by atoms with Crippen LogP contribution in [0.5, 0.6) is 0 Å². The van der Waals surface area contributed by atoms with Gasteiger partial charge in [0.1, 0.15) is 0 Å². The van der Waals surface area contributed by atoms with Gasteiger partial charge in [0.25, 0.3) is 0 Å². The molecule has 0 aromatic carbocycles. The van der Waals surface area contributed by atoms with Gasteiger partial charge in [0, 0.05) is 18.2 Å². The maximum Gasteiger partial charge on any atom is 0.0957 e. The highest BCUT2D eigenvalue weighted by Crippen LogP contribution is 2.57. The summed E-state index contributed by atoms with van der Waals surface area (Å²) >= 11 is 0. The van der Waals surface area contributed by atoms with E-state index >= 15 is 0 Å². The maximum absolute atomic E-state index is 10.9. The minimum atomic E-state index is -0.237. The Hall–Kier alpha value is -1.68. The lowest BCUT2D eigenvalue weighted by Crippen LogP contribution is -2.28. The van der Waals surface area contributed by atoms with Crippen molar-refractivity contribution in [3.8, 4) is 11.3 Å². The lowest BCUT2D eigenvalue weighted by atomic mass is 9.76. The molecule has 1 spiro atoms. The fraction of sp³-hybridized carbons (Fsp3) is 0.579. The van der Waals surface area contributed by atoms with Crippen LogP contribution >= 0.6 is 0 Å². The molecule has 23 heavy (non-hydrogen) atoms. The molecule has 2 saturated carbocycles. The summed E-state index contributed by atoms with van der Waals surface area (Å²) in [6.07, 6.45) is 14.1. The third-order valence-electron chi connectivity index (χ3n) is 6.49. The first kappa shape index (κ1) is 13.7. The first-order chi connectivity index (χ1) is 11.3. The van der Waals surface area contributed by atoms with E-state index in [1.54, 1.807) is 0 Å². The minimum absolute atomic E-state index is 0.135. The Morgan fingerprint density at radius 1 is 1.26 bits per heavy atom. The topological polar surface area (TPSA) is 50.9 Å². The van der Waals surface area contributed by atoms with Gasteiger partial charge in [-0.05, 0) is 62.0 Å². The van der Waals surface area contributed by atoms with Gasteiger partial charge in [0.2, 0.25) is 0 Å². The number of nitrogens with zero attached hydrogens (tertiary/aromatic N) is 3. The number of aromatic nitrogens is 3. The van der Waals surface area contributed by atoms with Gasteiger partial charge in [-0.2, -0.15) is 0 Å². The summed E-state index contributed by atoms with van der Waals surface area (Å²) in [4.78, 5) is 8.89. The van der Waals surface area contributed by atoms with Crippen LogP contribution in [0, 0.1) is 11.3 Å². The second-order valence-corrected chi connectivity index (χ2v) is 7.78. The summed E-state index contributed by atoms with van der Waals surface area (Å²) in [7, 11) is 0. The van der Waals surface area contributed by atoms with Crippen molar-refractivity contribution in [2.24, 2.45) is 11.3 Å². The average Bonchev–Trinajstić information content (AvgIpc) is 3.06. The molecule has 2 aliphatic carbocycles. The van der Waals surface area contributed by atoms with E-state index in [1.807, 2.05) is 24.8 Å². The number of rotatable bonds is 3. The summed E-state index contributed by atoms with van der Waals surface area (Å²) in [6.45, 7) is 0. The molecule has 4 nitrogen and oxygen atoms in total. The van der Waals surface area contributed by atoms with E-state index < -0.39 is 0 Å². The van der Waals surface area contributed by atoms with Gasteiger partial charge in [0.15, 0.2) is 0 Å². The highest BCUT2D eigenvalue weighted by Gasteiger charge is 2.46. The van der Waals surface area contributed by atoms with Crippen LogP contribution in [0.1, 0.15) is 56.7 Å². The Kier molecular flexibility index (Phi) is 2.93. The van der Waals surface area contributed by atoms with Gasteiger partial charge in [-0.25, -0.2) is 4.98 Å². The monoisotopic (exact) mass is 309 g/mol. The average molecular weight is 309 g/mol. The zero-order chi connectivity index (χ0) is 15.4. The van der Waals surface area contributed by atoms with Crippen LogP contribution in [-0.2, 0) is 0 Å². The number of pyridine rings is 1. The van der Waals surface area contributed by atoms with Gasteiger partial charge in [-0.15, -0.1) is 0 Å². The zero-order valence-corrected chi connectivity index (χ0v) is 13.4. The molecule has 0 amide bonds. The summed E-state index contributed by atoms with van der Waals surface area (Å²) in [5.41, 5.74) is 4.09. The molecule has 3 heterocycles. The van der Waals surface area contributed by atoms with E-state index in [1.165, 1.54) is 44.1 Å². The van der Waals surface area contributed by atoms with Gasteiger partial charge in [-0.1, -0.05) is 0 Å². The van der Waals surface area contributed by atoms with Crippen LogP contribution in [0.3, 0.4) is 0 Å². The first-order valence-corrected chi connectivity index (χ1v) is 8.91. The zero-order valence-electron chi connectivity index (χ0n) is 13.4. The normalized spacial score (nSPS) is 26.0. The van der Waals surface area contributed by atoms with Crippen molar-refractivity contribution in [2.75, 3.05) is 0 Å². The summed E-state index contributed by atoms with van der Waals surface area (Å²) in [6, 6.07) is 4.22. The molecule has 0 saturated heterocycles. The van der Waals surface area contributed by atoms with Gasteiger partial charge < -0.3 is 9.67 Å². The SMILES string of the molecule is O[C@@H](C[C@H]1c2ncccc2-c2cncn21)C1CCC2(CC1)CC2. The molecule has 1 N–H and O–H groups in total. The predicted octanol–water partition coefficient (Wildman–Crippen LogP) is 3.57. The van der Waals surface area contributed by atoms with Crippen LogP contribution in [0.25, 0.3) is 11.3 Å². The largest absolute Gasteiger partial charge is 0.393 e. The molecule has 2 fully saturated rings. The third-order valence-corrected chi connectivity index (χ3v) is 6.49. The minimum Gasteiger partial charge on any atom is -0.393 e. The van der Waals surface area contributed by atoms with Gasteiger partial charge >= 0.3 is 0 Å². The quantitative estimate of drug-likeness (QED) is 0.943. The van der Waals surface area contributed by atoms with Crippen molar-refractivity contribution in [1.29, 1.82) is 0 Å². The van der Waals surface area contributed by atoms with Crippen molar-refractivity contribution in [2.45, 2.75) is 57.1 Å². The molecule has 3 aliphatic rings. The molecule has 2 atom stereocenters. The van der Waals surface area contributed by atoms with Crippen molar-refractivity contribution >= 4 is 0 Å². The smallest absolute Gasteiger partial charge is 0.0957 e. The van der Waals surface area contributed by atoms with Crippen LogP contribution in [0.15, 0.2) is 30.9 Å². The molecular weight excluding hydrogens is 286 g/mol. The van der Waals surface area contributed by atoms with Crippen LogP contribution in [0.4, 0.5) is 0 Å². The number of hydrogen-bond donors (Lipinski definition) is 1. The second-order valence-electron chi connectivity index (χ2n) is 7.78. The molecule has 5 rings (SSSR count). The molecular formula is C19H23N3O. The molecule has 2 aromatic heterocycles. The summed E-state index contributed by atoms with van der Waals surface area (Å²) < 4.78 is 2.19. The number of imidazole rings is 1. The Balaban J connectivity index is 1.36. The van der Waals surface area contributed by atoms with E-state index in [0.29, 0.717) is 11.3 Å². The third kappa shape index (κ3) is 2.15. The van der Waals surface area contributed by atoms with E-state index in [4.69, 9.17) is 0 Å². The van der Waals surface area contributed by atoms with Gasteiger partial charge in [0.05, 0.1) is 36.1 Å². The molecule has 4 heteroatoms. The second kappa shape index (κ2) is 4.91.